The van der Waals surface area contributed by atoms with Gasteiger partial charge in [0, 0.05) is 28.8 Å². The molecule has 1 aromatic carbocycles. The number of halogens is 1. The Morgan fingerprint density at radius 2 is 1.89 bits per heavy atom. The van der Waals surface area contributed by atoms with E-state index in [-0.39, 0.29) is 5.91 Å². The molecule has 0 unspecified atom stereocenters. The zero-order valence-corrected chi connectivity index (χ0v) is 17.1. The molecule has 4 aromatic rings. The van der Waals surface area contributed by atoms with Gasteiger partial charge in [-0.1, -0.05) is 29.8 Å². The highest BCUT2D eigenvalue weighted by Gasteiger charge is 2.16. The number of fused-ring (bicyclic) bond motifs is 1. The van der Waals surface area contributed by atoms with Crippen LogP contribution >= 0.6 is 22.9 Å². The number of nitrogens with one attached hydrogen (secondary N) is 1. The molecule has 0 aliphatic carbocycles. The number of carbonyl (C=O) groups excluding carboxylic acids is 1. The number of hydrogen-bond donors (Lipinski definition) is 1. The quantitative estimate of drug-likeness (QED) is 0.516. The van der Waals surface area contributed by atoms with Gasteiger partial charge in [0.05, 0.1) is 17.1 Å². The number of benzene rings is 1. The van der Waals surface area contributed by atoms with Gasteiger partial charge in [-0.05, 0) is 49.2 Å². The van der Waals surface area contributed by atoms with E-state index >= 15 is 0 Å². The summed E-state index contributed by atoms with van der Waals surface area (Å²) in [5.74, 6) is -0.0841. The van der Waals surface area contributed by atoms with E-state index in [0.29, 0.717) is 23.0 Å². The molecule has 3 heterocycles. The summed E-state index contributed by atoms with van der Waals surface area (Å²) in [6, 6.07) is 13.6. The number of hydrogen-bond acceptors (Lipinski definition) is 4. The minimum atomic E-state index is -0.0841. The fraction of sp³-hybridized carbons (Fsp3) is 0.190. The van der Waals surface area contributed by atoms with E-state index in [1.807, 2.05) is 61.0 Å². The van der Waals surface area contributed by atoms with Crippen molar-refractivity contribution in [1.82, 2.24) is 20.1 Å². The molecule has 1 N–H and O–H groups in total. The van der Waals surface area contributed by atoms with Crippen LogP contribution < -0.4 is 5.32 Å². The van der Waals surface area contributed by atoms with Crippen molar-refractivity contribution in [2.75, 3.05) is 0 Å². The maximum absolute atomic E-state index is 12.6. The summed E-state index contributed by atoms with van der Waals surface area (Å²) < 4.78 is 1.94. The van der Waals surface area contributed by atoms with E-state index in [4.69, 9.17) is 11.6 Å². The van der Waals surface area contributed by atoms with E-state index in [9.17, 15) is 4.79 Å². The van der Waals surface area contributed by atoms with Gasteiger partial charge in [-0.3, -0.25) is 14.5 Å². The number of aromatic nitrogens is 3. The number of carbonyl (C=O) groups is 1. The van der Waals surface area contributed by atoms with Gasteiger partial charge in [0.25, 0.3) is 5.91 Å². The van der Waals surface area contributed by atoms with E-state index in [2.05, 4.69) is 15.4 Å². The van der Waals surface area contributed by atoms with Crippen molar-refractivity contribution in [3.05, 3.63) is 81.1 Å². The molecule has 0 atom stereocenters. The number of amides is 1. The van der Waals surface area contributed by atoms with Crippen molar-refractivity contribution in [3.8, 4) is 0 Å². The molecule has 0 spiro atoms. The van der Waals surface area contributed by atoms with Gasteiger partial charge in [0.15, 0.2) is 0 Å². The van der Waals surface area contributed by atoms with Crippen LogP contribution in [0, 0.1) is 13.8 Å². The van der Waals surface area contributed by atoms with Crippen LogP contribution in [0.25, 0.3) is 10.2 Å². The highest BCUT2D eigenvalue weighted by atomic mass is 35.5. The highest BCUT2D eigenvalue weighted by molar-refractivity contribution is 7.20. The van der Waals surface area contributed by atoms with Gasteiger partial charge in [-0.15, -0.1) is 11.3 Å². The summed E-state index contributed by atoms with van der Waals surface area (Å²) in [7, 11) is 0. The van der Waals surface area contributed by atoms with Crippen LogP contribution in [-0.2, 0) is 13.1 Å². The highest BCUT2D eigenvalue weighted by Crippen LogP contribution is 2.29. The number of aryl methyl sites for hydroxylation is 2. The third-order valence-electron chi connectivity index (χ3n) is 4.50. The van der Waals surface area contributed by atoms with Crippen LogP contribution in [0.3, 0.4) is 0 Å². The molecule has 0 radical (unpaired) electrons. The smallest absolute Gasteiger partial charge is 0.261 e. The van der Waals surface area contributed by atoms with E-state index in [1.54, 1.807) is 6.20 Å². The maximum Gasteiger partial charge on any atom is 0.261 e. The second kappa shape index (κ2) is 7.73. The fourth-order valence-electron chi connectivity index (χ4n) is 2.97. The lowest BCUT2D eigenvalue weighted by Crippen LogP contribution is -2.21. The summed E-state index contributed by atoms with van der Waals surface area (Å²) in [5.41, 5.74) is 3.97. The Hall–Kier alpha value is -2.70. The number of pyridine rings is 1. The van der Waals surface area contributed by atoms with Crippen molar-refractivity contribution in [3.63, 3.8) is 0 Å². The SMILES string of the molecule is Cc1ccc(CNC(=O)c2cc3c(C)nn(Cc4ccc(Cl)cc4)c3s2)cn1. The Bertz CT molecular complexity index is 1130. The summed E-state index contributed by atoms with van der Waals surface area (Å²) in [6.45, 7) is 5.00. The monoisotopic (exact) mass is 410 g/mol. The van der Waals surface area contributed by atoms with Gasteiger partial charge in [-0.2, -0.15) is 5.10 Å². The Labute approximate surface area is 172 Å². The topological polar surface area (TPSA) is 59.8 Å². The van der Waals surface area contributed by atoms with Gasteiger partial charge in [0.2, 0.25) is 0 Å². The minimum Gasteiger partial charge on any atom is -0.347 e. The second-order valence-electron chi connectivity index (χ2n) is 6.69. The van der Waals surface area contributed by atoms with E-state index in [1.165, 1.54) is 11.3 Å². The molecule has 7 heteroatoms. The lowest BCUT2D eigenvalue weighted by molar-refractivity contribution is 0.0955. The Balaban J connectivity index is 1.52. The van der Waals surface area contributed by atoms with Crippen LogP contribution in [0.4, 0.5) is 0 Å². The third-order valence-corrected chi connectivity index (χ3v) is 5.90. The predicted molar refractivity (Wildman–Crippen MR) is 113 cm³/mol. The molecule has 0 saturated carbocycles. The van der Waals surface area contributed by atoms with E-state index < -0.39 is 0 Å². The zero-order valence-electron chi connectivity index (χ0n) is 15.6. The molecule has 0 saturated heterocycles. The molecule has 0 bridgehead atoms. The van der Waals surface area contributed by atoms with Crippen LogP contribution in [0.5, 0.6) is 0 Å². The average Bonchev–Trinajstić information content (AvgIpc) is 3.24. The Kier molecular flexibility index (Phi) is 5.15. The summed E-state index contributed by atoms with van der Waals surface area (Å²) in [5, 5.41) is 9.32. The van der Waals surface area contributed by atoms with Crippen LogP contribution in [-0.4, -0.2) is 20.7 Å². The predicted octanol–water partition coefficient (Wildman–Crippen LogP) is 4.74. The van der Waals surface area contributed by atoms with Gasteiger partial charge >= 0.3 is 0 Å². The zero-order chi connectivity index (χ0) is 19.7. The number of nitrogens with zero attached hydrogens (tertiary/aromatic N) is 3. The Morgan fingerprint density at radius 3 is 2.61 bits per heavy atom. The minimum absolute atomic E-state index is 0.0841. The third kappa shape index (κ3) is 3.93. The first-order valence-electron chi connectivity index (χ1n) is 8.91. The van der Waals surface area contributed by atoms with Crippen molar-refractivity contribution < 1.29 is 4.79 Å². The lowest BCUT2D eigenvalue weighted by atomic mass is 10.2. The molecular formula is C21H19ClN4OS. The molecule has 0 aliphatic rings. The molecule has 1 amide bonds. The van der Waals surface area contributed by atoms with Gasteiger partial charge in [0.1, 0.15) is 4.83 Å². The molecular weight excluding hydrogens is 392 g/mol. The van der Waals surface area contributed by atoms with Gasteiger partial charge in [-0.25, -0.2) is 0 Å². The van der Waals surface area contributed by atoms with Crippen LogP contribution in [0.2, 0.25) is 5.02 Å². The summed E-state index contributed by atoms with van der Waals surface area (Å²) in [6.07, 6.45) is 1.79. The first-order valence-corrected chi connectivity index (χ1v) is 10.1. The normalized spacial score (nSPS) is 11.1. The standard InChI is InChI=1S/C21H19ClN4OS/c1-13-3-4-16(10-23-13)11-24-20(27)19-9-18-14(2)25-26(21(18)28-19)12-15-5-7-17(22)8-6-15/h3-10H,11-12H2,1-2H3,(H,24,27). The maximum atomic E-state index is 12.6. The number of rotatable bonds is 5. The molecule has 5 nitrogen and oxygen atoms in total. The largest absolute Gasteiger partial charge is 0.347 e. The van der Waals surface area contributed by atoms with Crippen molar-refractivity contribution >= 4 is 39.1 Å². The van der Waals surface area contributed by atoms with E-state index in [0.717, 1.165) is 32.7 Å². The first kappa shape index (κ1) is 18.7. The first-order chi connectivity index (χ1) is 13.5. The van der Waals surface area contributed by atoms with Crippen molar-refractivity contribution in [1.29, 1.82) is 0 Å². The summed E-state index contributed by atoms with van der Waals surface area (Å²) in [4.78, 5) is 18.5. The fourth-order valence-corrected chi connectivity index (χ4v) is 4.17. The molecule has 28 heavy (non-hydrogen) atoms. The molecule has 142 valence electrons. The van der Waals surface area contributed by atoms with Gasteiger partial charge < -0.3 is 5.32 Å². The second-order valence-corrected chi connectivity index (χ2v) is 8.16. The average molecular weight is 411 g/mol. The lowest BCUT2D eigenvalue weighted by Gasteiger charge is -2.04. The molecule has 3 aromatic heterocycles. The van der Waals surface area contributed by atoms with Crippen LogP contribution in [0.15, 0.2) is 48.7 Å². The number of thiophene rings is 1. The Morgan fingerprint density at radius 1 is 1.14 bits per heavy atom. The molecule has 0 fully saturated rings. The van der Waals surface area contributed by atoms with Crippen molar-refractivity contribution in [2.24, 2.45) is 0 Å². The molecule has 0 aliphatic heterocycles. The van der Waals surface area contributed by atoms with Crippen molar-refractivity contribution in [2.45, 2.75) is 26.9 Å². The molecule has 4 rings (SSSR count). The van der Waals surface area contributed by atoms with Crippen LogP contribution in [0.1, 0.15) is 32.2 Å². The summed E-state index contributed by atoms with van der Waals surface area (Å²) >= 11 is 7.42.